The average molecular weight is 418 g/mol. The maximum Gasteiger partial charge on any atom is 0.338 e. The van der Waals surface area contributed by atoms with Gasteiger partial charge in [-0.05, 0) is 50.2 Å². The topological polar surface area (TPSA) is 81.7 Å². The number of nitrogens with one attached hydrogen (secondary N) is 1. The molecule has 0 saturated carbocycles. The first kappa shape index (κ1) is 20.4. The summed E-state index contributed by atoms with van der Waals surface area (Å²) in [5.41, 5.74) is 0.246. The Morgan fingerprint density at radius 1 is 1.12 bits per heavy atom. The zero-order chi connectivity index (χ0) is 19.5. The lowest BCUT2D eigenvalue weighted by molar-refractivity contribution is 0.0378. The molecular formula is C17H17Cl2NO5S. The molecule has 2 aromatic carbocycles. The van der Waals surface area contributed by atoms with Crippen molar-refractivity contribution in [3.05, 3.63) is 52.0 Å². The molecule has 0 saturated heterocycles. The lowest BCUT2D eigenvalue weighted by Crippen LogP contribution is -2.16. The average Bonchev–Trinajstić information content (AvgIpc) is 2.56. The van der Waals surface area contributed by atoms with E-state index >= 15 is 0 Å². The van der Waals surface area contributed by atoms with Crippen molar-refractivity contribution >= 4 is 44.9 Å². The van der Waals surface area contributed by atoms with Gasteiger partial charge < -0.3 is 9.47 Å². The number of carbonyl (C=O) groups is 1. The number of esters is 1. The molecule has 1 N–H and O–H groups in total. The third-order valence-electron chi connectivity index (χ3n) is 3.21. The molecule has 0 amide bonds. The van der Waals surface area contributed by atoms with Gasteiger partial charge in [0.25, 0.3) is 10.0 Å². The van der Waals surface area contributed by atoms with Crippen LogP contribution in [0.15, 0.2) is 41.3 Å². The number of sulfonamides is 1. The smallest absolute Gasteiger partial charge is 0.338 e. The van der Waals surface area contributed by atoms with Gasteiger partial charge in [-0.2, -0.15) is 0 Å². The summed E-state index contributed by atoms with van der Waals surface area (Å²) >= 11 is 11.8. The summed E-state index contributed by atoms with van der Waals surface area (Å²) in [7, 11) is -2.68. The number of anilines is 1. The van der Waals surface area contributed by atoms with Crippen LogP contribution in [0.5, 0.6) is 5.75 Å². The molecule has 0 bridgehead atoms. The van der Waals surface area contributed by atoms with E-state index in [2.05, 4.69) is 4.72 Å². The molecule has 140 valence electrons. The van der Waals surface area contributed by atoms with Crippen molar-refractivity contribution in [1.82, 2.24) is 0 Å². The first-order valence-corrected chi connectivity index (χ1v) is 9.75. The number of carbonyl (C=O) groups excluding carboxylic acids is 1. The molecule has 9 heteroatoms. The van der Waals surface area contributed by atoms with E-state index in [1.54, 1.807) is 13.8 Å². The molecule has 0 aliphatic carbocycles. The van der Waals surface area contributed by atoms with Crippen LogP contribution in [0.4, 0.5) is 5.69 Å². The largest absolute Gasteiger partial charge is 0.495 e. The minimum Gasteiger partial charge on any atom is -0.495 e. The summed E-state index contributed by atoms with van der Waals surface area (Å²) in [5, 5.41) is 0.229. The molecule has 0 spiro atoms. The molecular weight excluding hydrogens is 401 g/mol. The molecule has 0 aromatic heterocycles. The number of hydrogen-bond donors (Lipinski definition) is 1. The Kier molecular flexibility index (Phi) is 6.39. The Balaban J connectivity index is 2.43. The predicted molar refractivity (Wildman–Crippen MR) is 101 cm³/mol. The van der Waals surface area contributed by atoms with Crippen molar-refractivity contribution in [3.63, 3.8) is 0 Å². The molecule has 0 fully saturated rings. The van der Waals surface area contributed by atoms with Crippen LogP contribution in [0, 0.1) is 0 Å². The summed E-state index contributed by atoms with van der Waals surface area (Å²) in [4.78, 5) is 11.9. The molecule has 2 aromatic rings. The van der Waals surface area contributed by atoms with Crippen LogP contribution >= 0.6 is 23.2 Å². The minimum absolute atomic E-state index is 0.0104. The normalized spacial score (nSPS) is 11.3. The molecule has 0 heterocycles. The van der Waals surface area contributed by atoms with Crippen molar-refractivity contribution in [2.75, 3.05) is 11.8 Å². The highest BCUT2D eigenvalue weighted by molar-refractivity contribution is 7.92. The first-order valence-electron chi connectivity index (χ1n) is 7.51. The van der Waals surface area contributed by atoms with Crippen molar-refractivity contribution < 1.29 is 22.7 Å². The Morgan fingerprint density at radius 2 is 1.81 bits per heavy atom. The van der Waals surface area contributed by atoms with E-state index in [-0.39, 0.29) is 38.0 Å². The van der Waals surface area contributed by atoms with Gasteiger partial charge in [0.1, 0.15) is 10.6 Å². The van der Waals surface area contributed by atoms with E-state index in [0.29, 0.717) is 0 Å². The van der Waals surface area contributed by atoms with Crippen molar-refractivity contribution in [2.45, 2.75) is 24.8 Å². The van der Waals surface area contributed by atoms with Gasteiger partial charge in [-0.25, -0.2) is 13.2 Å². The van der Waals surface area contributed by atoms with Gasteiger partial charge in [0.2, 0.25) is 0 Å². The van der Waals surface area contributed by atoms with Crippen LogP contribution in [-0.4, -0.2) is 27.6 Å². The van der Waals surface area contributed by atoms with Crippen LogP contribution < -0.4 is 9.46 Å². The highest BCUT2D eigenvalue weighted by Crippen LogP contribution is 2.31. The number of hydrogen-bond acceptors (Lipinski definition) is 5. The highest BCUT2D eigenvalue weighted by atomic mass is 35.5. The fraction of sp³-hybridized carbons (Fsp3) is 0.235. The fourth-order valence-electron chi connectivity index (χ4n) is 2.08. The fourth-order valence-corrected chi connectivity index (χ4v) is 3.90. The second-order valence-electron chi connectivity index (χ2n) is 5.55. The molecule has 0 unspecified atom stereocenters. The minimum atomic E-state index is -4.06. The molecule has 6 nitrogen and oxygen atoms in total. The van der Waals surface area contributed by atoms with Gasteiger partial charge in [0.05, 0.1) is 29.5 Å². The lowest BCUT2D eigenvalue weighted by Gasteiger charge is -2.14. The molecule has 26 heavy (non-hydrogen) atoms. The van der Waals surface area contributed by atoms with E-state index in [9.17, 15) is 13.2 Å². The summed E-state index contributed by atoms with van der Waals surface area (Å²) in [5.74, 6) is -0.350. The van der Waals surface area contributed by atoms with Gasteiger partial charge in [-0.15, -0.1) is 0 Å². The van der Waals surface area contributed by atoms with E-state index in [0.717, 1.165) is 0 Å². The van der Waals surface area contributed by atoms with Crippen molar-refractivity contribution in [3.8, 4) is 5.75 Å². The van der Waals surface area contributed by atoms with Crippen LogP contribution in [0.1, 0.15) is 24.2 Å². The number of methoxy groups -OCH3 is 1. The molecule has 0 aliphatic rings. The number of benzene rings is 2. The zero-order valence-corrected chi connectivity index (χ0v) is 16.6. The molecule has 2 rings (SSSR count). The van der Waals surface area contributed by atoms with E-state index in [1.807, 2.05) is 0 Å². The second kappa shape index (κ2) is 8.16. The Morgan fingerprint density at radius 3 is 2.42 bits per heavy atom. The summed E-state index contributed by atoms with van der Waals surface area (Å²) in [6, 6.07) is 8.37. The Hall–Kier alpha value is -1.96. The lowest BCUT2D eigenvalue weighted by atomic mass is 10.2. The van der Waals surface area contributed by atoms with Crippen molar-refractivity contribution in [2.24, 2.45) is 0 Å². The van der Waals surface area contributed by atoms with Crippen LogP contribution in [-0.2, 0) is 14.8 Å². The third-order valence-corrected chi connectivity index (χ3v) is 5.29. The standard InChI is InChI=1S/C17H17Cl2NO5S/c1-10(2)25-17(21)11-4-7-15(24-3)14(8-11)20-26(22,23)16-9-12(18)5-6-13(16)19/h4-10,20H,1-3H3. The summed E-state index contributed by atoms with van der Waals surface area (Å²) in [6.07, 6.45) is -0.310. The molecule has 0 radical (unpaired) electrons. The SMILES string of the molecule is COc1ccc(C(=O)OC(C)C)cc1NS(=O)(=O)c1cc(Cl)ccc1Cl. The molecule has 0 aliphatic heterocycles. The van der Waals surface area contributed by atoms with Gasteiger partial charge in [0, 0.05) is 5.02 Å². The Bertz CT molecular complexity index is 929. The second-order valence-corrected chi connectivity index (χ2v) is 8.04. The molecule has 0 atom stereocenters. The predicted octanol–water partition coefficient (Wildman–Crippen LogP) is 4.37. The van der Waals surface area contributed by atoms with Gasteiger partial charge >= 0.3 is 5.97 Å². The zero-order valence-electron chi connectivity index (χ0n) is 14.2. The van der Waals surface area contributed by atoms with Crippen LogP contribution in [0.2, 0.25) is 10.0 Å². The van der Waals surface area contributed by atoms with Gasteiger partial charge in [0.15, 0.2) is 0 Å². The van der Waals surface area contributed by atoms with Crippen LogP contribution in [0.25, 0.3) is 0 Å². The van der Waals surface area contributed by atoms with E-state index < -0.39 is 16.0 Å². The van der Waals surface area contributed by atoms with Gasteiger partial charge in [-0.3, -0.25) is 4.72 Å². The summed E-state index contributed by atoms with van der Waals surface area (Å²) in [6.45, 7) is 3.43. The van der Waals surface area contributed by atoms with Gasteiger partial charge in [-0.1, -0.05) is 23.2 Å². The monoisotopic (exact) mass is 417 g/mol. The van der Waals surface area contributed by atoms with E-state index in [1.165, 1.54) is 43.5 Å². The summed E-state index contributed by atoms with van der Waals surface area (Å²) < 4.78 is 38.0. The van der Waals surface area contributed by atoms with Crippen molar-refractivity contribution in [1.29, 1.82) is 0 Å². The maximum absolute atomic E-state index is 12.7. The number of halogens is 2. The quantitative estimate of drug-likeness (QED) is 0.705. The highest BCUT2D eigenvalue weighted by Gasteiger charge is 2.21. The van der Waals surface area contributed by atoms with Crippen LogP contribution in [0.3, 0.4) is 0 Å². The Labute approximate surface area is 162 Å². The van der Waals surface area contributed by atoms with E-state index in [4.69, 9.17) is 32.7 Å². The maximum atomic E-state index is 12.7. The number of ether oxygens (including phenoxy) is 2. The first-order chi connectivity index (χ1) is 12.1. The third kappa shape index (κ3) is 4.81. The number of rotatable bonds is 6.